The van der Waals surface area contributed by atoms with Crippen LogP contribution in [-0.4, -0.2) is 0 Å². The smallest absolute Gasteiger partial charge is 0.0315 e. The molecule has 7 rings (SSSR count). The van der Waals surface area contributed by atoms with Crippen molar-refractivity contribution in [1.82, 2.24) is 0 Å². The van der Waals surface area contributed by atoms with Gasteiger partial charge in [0.15, 0.2) is 0 Å². The molecule has 84 valence electrons. The summed E-state index contributed by atoms with van der Waals surface area (Å²) in [6.45, 7) is 0. The summed E-state index contributed by atoms with van der Waals surface area (Å²) in [4.78, 5) is 0. The van der Waals surface area contributed by atoms with Gasteiger partial charge < -0.3 is 0 Å². The molecule has 0 heterocycles. The van der Waals surface area contributed by atoms with Crippen molar-refractivity contribution >= 4 is 0 Å². The molecule has 7 saturated carbocycles. The molecule has 7 aliphatic rings. The maximum atomic E-state index is 1.71. The number of rotatable bonds is 0. The Balaban J connectivity index is 1.57. The molecule has 0 radical (unpaired) electrons. The van der Waals surface area contributed by atoms with Gasteiger partial charge in [-0.25, -0.2) is 0 Å². The van der Waals surface area contributed by atoms with Gasteiger partial charge in [-0.1, -0.05) is 0 Å². The van der Waals surface area contributed by atoms with Crippen molar-refractivity contribution < 1.29 is 0 Å². The summed E-state index contributed by atoms with van der Waals surface area (Å²) in [5, 5.41) is 0. The Hall–Kier alpha value is 0. The van der Waals surface area contributed by atoms with Crippen molar-refractivity contribution in [3.8, 4) is 0 Å². The average molecular weight is 212 g/mol. The molecule has 0 aromatic carbocycles. The zero-order chi connectivity index (χ0) is 9.76. The fourth-order valence-corrected chi connectivity index (χ4v) is 9.33. The van der Waals surface area contributed by atoms with Crippen LogP contribution in [0, 0.1) is 71.0 Å². The third-order valence-electron chi connectivity index (χ3n) is 9.18. The molecule has 4 bridgehead atoms. The summed E-state index contributed by atoms with van der Waals surface area (Å²) in [6.07, 6.45) is 6.82. The highest BCUT2D eigenvalue weighted by Crippen LogP contribution is 2.85. The van der Waals surface area contributed by atoms with E-state index >= 15 is 0 Å². The minimum atomic E-state index is 1.24. The second-order valence-corrected chi connectivity index (χ2v) is 8.57. The van der Waals surface area contributed by atoms with Crippen molar-refractivity contribution in [3.05, 3.63) is 0 Å². The molecule has 0 aliphatic heterocycles. The molecule has 12 unspecified atom stereocenters. The summed E-state index contributed by atoms with van der Waals surface area (Å²) in [5.74, 6) is 15.2. The lowest BCUT2D eigenvalue weighted by atomic mass is 9.32. The zero-order valence-corrected chi connectivity index (χ0v) is 9.76. The Labute approximate surface area is 97.2 Å². The van der Waals surface area contributed by atoms with Crippen LogP contribution in [-0.2, 0) is 0 Å². The van der Waals surface area contributed by atoms with Gasteiger partial charge in [-0.3, -0.25) is 0 Å². The van der Waals surface area contributed by atoms with E-state index in [0.717, 1.165) is 0 Å². The largest absolute Gasteiger partial charge is 0.0467 e. The van der Waals surface area contributed by atoms with E-state index in [2.05, 4.69) is 0 Å². The molecule has 12 atom stereocenters. The molecule has 7 aliphatic carbocycles. The zero-order valence-electron chi connectivity index (χ0n) is 9.76. The van der Waals surface area contributed by atoms with Crippen LogP contribution in [0.4, 0.5) is 0 Å². The molecule has 7 fully saturated rings. The van der Waals surface area contributed by atoms with E-state index in [1.54, 1.807) is 25.7 Å². The second-order valence-electron chi connectivity index (χ2n) is 8.57. The van der Waals surface area contributed by atoms with Crippen molar-refractivity contribution in [2.45, 2.75) is 25.7 Å². The van der Waals surface area contributed by atoms with Gasteiger partial charge in [-0.05, 0) is 96.7 Å². The van der Waals surface area contributed by atoms with Crippen molar-refractivity contribution in [1.29, 1.82) is 0 Å². The van der Waals surface area contributed by atoms with Gasteiger partial charge in [-0.15, -0.1) is 0 Å². The lowest BCUT2D eigenvalue weighted by molar-refractivity contribution is -0.248. The van der Waals surface area contributed by atoms with Crippen LogP contribution in [0.5, 0.6) is 0 Å². The first-order valence-electron chi connectivity index (χ1n) is 7.93. The van der Waals surface area contributed by atoms with Gasteiger partial charge in [0.2, 0.25) is 0 Å². The topological polar surface area (TPSA) is 0 Å². The molecule has 0 aromatic heterocycles. The van der Waals surface area contributed by atoms with Crippen LogP contribution in [0.25, 0.3) is 0 Å². The first-order chi connectivity index (χ1) is 7.93. The van der Waals surface area contributed by atoms with Gasteiger partial charge in [0.1, 0.15) is 0 Å². The first kappa shape index (κ1) is 7.44. The van der Waals surface area contributed by atoms with Crippen molar-refractivity contribution in [2.75, 3.05) is 0 Å². The SMILES string of the molecule is C1C2CC3C4C1C1CC5C(CC14)C1C5C2C31. The fourth-order valence-electron chi connectivity index (χ4n) is 9.33. The summed E-state index contributed by atoms with van der Waals surface area (Å²) in [5.41, 5.74) is 0. The van der Waals surface area contributed by atoms with Gasteiger partial charge in [0.25, 0.3) is 0 Å². The highest BCUT2D eigenvalue weighted by molar-refractivity contribution is 5.28. The van der Waals surface area contributed by atoms with Crippen LogP contribution in [0.2, 0.25) is 0 Å². The van der Waals surface area contributed by atoms with E-state index in [1.165, 1.54) is 71.0 Å². The van der Waals surface area contributed by atoms with Gasteiger partial charge in [-0.2, -0.15) is 0 Å². The lowest BCUT2D eigenvalue weighted by Crippen LogP contribution is -2.67. The van der Waals surface area contributed by atoms with Gasteiger partial charge in [0, 0.05) is 0 Å². The molecule has 0 saturated heterocycles. The molecular formula is C16H20. The highest BCUT2D eigenvalue weighted by atomic mass is 14.8. The van der Waals surface area contributed by atoms with Crippen LogP contribution in [0.1, 0.15) is 25.7 Å². The lowest BCUT2D eigenvalue weighted by Gasteiger charge is -2.72. The Kier molecular flexibility index (Phi) is 0.854. The predicted octanol–water partition coefficient (Wildman–Crippen LogP) is 3.04. The van der Waals surface area contributed by atoms with Crippen molar-refractivity contribution in [3.63, 3.8) is 0 Å². The Morgan fingerprint density at radius 2 is 0.938 bits per heavy atom. The Morgan fingerprint density at radius 1 is 0.375 bits per heavy atom. The van der Waals surface area contributed by atoms with E-state index < -0.39 is 0 Å². The Morgan fingerprint density at radius 3 is 1.88 bits per heavy atom. The van der Waals surface area contributed by atoms with Crippen molar-refractivity contribution in [2.24, 2.45) is 71.0 Å². The predicted molar refractivity (Wildman–Crippen MR) is 60.3 cm³/mol. The van der Waals surface area contributed by atoms with E-state index in [0.29, 0.717) is 0 Å². The number of fused-ring (bicyclic) bond motifs is 5. The summed E-state index contributed by atoms with van der Waals surface area (Å²) < 4.78 is 0. The second kappa shape index (κ2) is 1.84. The fraction of sp³-hybridized carbons (Fsp3) is 1.00. The monoisotopic (exact) mass is 212 g/mol. The molecule has 0 spiro atoms. The quantitative estimate of drug-likeness (QED) is 0.579. The molecule has 0 N–H and O–H groups in total. The number of hydrogen-bond donors (Lipinski definition) is 0. The molecule has 0 aromatic rings. The van der Waals surface area contributed by atoms with Gasteiger partial charge >= 0.3 is 0 Å². The minimum Gasteiger partial charge on any atom is -0.0467 e. The average Bonchev–Trinajstić information content (AvgIpc) is 2.57. The molecule has 0 heteroatoms. The van der Waals surface area contributed by atoms with E-state index in [-0.39, 0.29) is 0 Å². The third-order valence-corrected chi connectivity index (χ3v) is 9.18. The van der Waals surface area contributed by atoms with Crippen LogP contribution in [0.3, 0.4) is 0 Å². The summed E-state index contributed by atoms with van der Waals surface area (Å²) in [7, 11) is 0. The molecule has 0 nitrogen and oxygen atoms in total. The van der Waals surface area contributed by atoms with Gasteiger partial charge in [0.05, 0.1) is 0 Å². The Bertz CT molecular complexity index is 406. The van der Waals surface area contributed by atoms with E-state index in [4.69, 9.17) is 0 Å². The molecule has 0 amide bonds. The highest BCUT2D eigenvalue weighted by Gasteiger charge is 2.80. The maximum absolute atomic E-state index is 1.71. The van der Waals surface area contributed by atoms with Crippen LogP contribution >= 0.6 is 0 Å². The normalized spacial score (nSPS) is 87.0. The van der Waals surface area contributed by atoms with Crippen LogP contribution < -0.4 is 0 Å². The summed E-state index contributed by atoms with van der Waals surface area (Å²) in [6, 6.07) is 0. The maximum Gasteiger partial charge on any atom is -0.0315 e. The summed E-state index contributed by atoms with van der Waals surface area (Å²) >= 11 is 0. The first-order valence-corrected chi connectivity index (χ1v) is 7.93. The van der Waals surface area contributed by atoms with E-state index in [1.807, 2.05) is 0 Å². The number of hydrogen-bond acceptors (Lipinski definition) is 0. The molecule has 16 heavy (non-hydrogen) atoms. The van der Waals surface area contributed by atoms with E-state index in [9.17, 15) is 0 Å². The molecular weight excluding hydrogens is 192 g/mol. The minimum absolute atomic E-state index is 1.24. The van der Waals surface area contributed by atoms with Crippen LogP contribution in [0.15, 0.2) is 0 Å². The standard InChI is InChI=1S/C16H20/c1-5-2-11-13-7(1)6-3-9-10(4-8(6)13)15-14(9)12(5)16(11)15/h5-16H,1-4H2. The third kappa shape index (κ3) is 0.456.